The number of carbonyl (C=O) groups excluding carboxylic acids is 3. The van der Waals surface area contributed by atoms with E-state index in [-0.39, 0.29) is 24.8 Å². The topological polar surface area (TPSA) is 75.7 Å². The molecular weight excluding hydrogens is 368 g/mol. The Bertz CT molecular complexity index is 867. The number of halogens is 1. The summed E-state index contributed by atoms with van der Waals surface area (Å²) in [7, 11) is 0. The van der Waals surface area contributed by atoms with Gasteiger partial charge in [0.1, 0.15) is 0 Å². The van der Waals surface area contributed by atoms with E-state index in [1.807, 2.05) is 0 Å². The summed E-state index contributed by atoms with van der Waals surface area (Å²) in [4.78, 5) is 38.3. The van der Waals surface area contributed by atoms with Gasteiger partial charge < -0.3 is 15.0 Å². The number of hydrogen-bond donors (Lipinski definition) is 1. The largest absolute Gasteiger partial charge is 0.462 e. The van der Waals surface area contributed by atoms with Gasteiger partial charge >= 0.3 is 5.97 Å². The highest BCUT2D eigenvalue weighted by molar-refractivity contribution is 6.30. The first-order chi connectivity index (χ1) is 13.0. The molecule has 3 rings (SSSR count). The molecule has 0 spiro atoms. The Morgan fingerprint density at radius 3 is 2.67 bits per heavy atom. The SMILES string of the molecule is CCOC(=O)c1cccc(NC(=O)C2CC(=O)N(c3ccc(Cl)cc3)C2)c1. The molecule has 0 saturated carbocycles. The molecule has 0 bridgehead atoms. The van der Waals surface area contributed by atoms with Gasteiger partial charge in [-0.15, -0.1) is 0 Å². The second kappa shape index (κ2) is 8.22. The molecule has 1 unspecified atom stereocenters. The Kier molecular flexibility index (Phi) is 5.76. The zero-order chi connectivity index (χ0) is 19.4. The quantitative estimate of drug-likeness (QED) is 0.798. The van der Waals surface area contributed by atoms with Gasteiger partial charge in [0.25, 0.3) is 0 Å². The number of rotatable bonds is 5. The van der Waals surface area contributed by atoms with Crippen molar-refractivity contribution < 1.29 is 19.1 Å². The van der Waals surface area contributed by atoms with Crippen molar-refractivity contribution in [3.63, 3.8) is 0 Å². The lowest BCUT2D eigenvalue weighted by molar-refractivity contribution is -0.122. The molecule has 0 aliphatic carbocycles. The predicted molar refractivity (Wildman–Crippen MR) is 103 cm³/mol. The number of nitrogens with zero attached hydrogens (tertiary/aromatic N) is 1. The minimum atomic E-state index is -0.473. The molecule has 2 aromatic rings. The molecule has 0 radical (unpaired) electrons. The van der Waals surface area contributed by atoms with Crippen molar-refractivity contribution in [3.8, 4) is 0 Å². The van der Waals surface area contributed by atoms with Gasteiger partial charge in [0.15, 0.2) is 0 Å². The Labute approximate surface area is 162 Å². The van der Waals surface area contributed by atoms with Gasteiger partial charge in [-0.1, -0.05) is 17.7 Å². The van der Waals surface area contributed by atoms with Crippen molar-refractivity contribution >= 4 is 40.8 Å². The van der Waals surface area contributed by atoms with E-state index in [9.17, 15) is 14.4 Å². The van der Waals surface area contributed by atoms with Crippen LogP contribution in [-0.2, 0) is 14.3 Å². The van der Waals surface area contributed by atoms with Crippen LogP contribution in [0.1, 0.15) is 23.7 Å². The second-order valence-corrected chi connectivity index (χ2v) is 6.61. The molecular formula is C20H19ClN2O4. The summed E-state index contributed by atoms with van der Waals surface area (Å²) in [6, 6.07) is 13.5. The second-order valence-electron chi connectivity index (χ2n) is 6.17. The van der Waals surface area contributed by atoms with Gasteiger partial charge in [-0.3, -0.25) is 9.59 Å². The number of carbonyl (C=O) groups is 3. The number of hydrogen-bond acceptors (Lipinski definition) is 4. The van der Waals surface area contributed by atoms with Crippen LogP contribution in [0, 0.1) is 5.92 Å². The molecule has 2 amide bonds. The Balaban J connectivity index is 1.67. The van der Waals surface area contributed by atoms with Crippen molar-refractivity contribution in [2.24, 2.45) is 5.92 Å². The van der Waals surface area contributed by atoms with Crippen molar-refractivity contribution in [2.75, 3.05) is 23.4 Å². The van der Waals surface area contributed by atoms with Crippen molar-refractivity contribution in [3.05, 3.63) is 59.1 Å². The molecule has 140 valence electrons. The number of benzene rings is 2. The van der Waals surface area contributed by atoms with E-state index in [1.165, 1.54) is 0 Å². The third kappa shape index (κ3) is 4.46. The Morgan fingerprint density at radius 2 is 1.96 bits per heavy atom. The summed E-state index contributed by atoms with van der Waals surface area (Å²) in [5.41, 5.74) is 1.56. The van der Waals surface area contributed by atoms with E-state index in [2.05, 4.69) is 5.32 Å². The fourth-order valence-electron chi connectivity index (χ4n) is 2.94. The molecule has 1 aliphatic heterocycles. The van der Waals surface area contributed by atoms with Gasteiger partial charge in [-0.2, -0.15) is 0 Å². The predicted octanol–water partition coefficient (Wildman–Crippen LogP) is 3.51. The maximum Gasteiger partial charge on any atom is 0.338 e. The van der Waals surface area contributed by atoms with Crippen LogP contribution < -0.4 is 10.2 Å². The summed E-state index contributed by atoms with van der Waals surface area (Å²) < 4.78 is 4.96. The highest BCUT2D eigenvalue weighted by Gasteiger charge is 2.35. The molecule has 7 heteroatoms. The summed E-state index contributed by atoms with van der Waals surface area (Å²) >= 11 is 5.88. The maximum atomic E-state index is 12.6. The summed E-state index contributed by atoms with van der Waals surface area (Å²) in [5.74, 6) is -1.29. The number of amides is 2. The van der Waals surface area contributed by atoms with Crippen molar-refractivity contribution in [1.82, 2.24) is 0 Å². The third-order valence-corrected chi connectivity index (χ3v) is 4.53. The molecule has 1 heterocycles. The van der Waals surface area contributed by atoms with Crippen LogP contribution in [-0.4, -0.2) is 30.9 Å². The van der Waals surface area contributed by atoms with E-state index >= 15 is 0 Å². The van der Waals surface area contributed by atoms with Crippen LogP contribution in [0.25, 0.3) is 0 Å². The molecule has 1 N–H and O–H groups in total. The van der Waals surface area contributed by atoms with Gasteiger partial charge in [0.2, 0.25) is 11.8 Å². The van der Waals surface area contributed by atoms with E-state index in [1.54, 1.807) is 60.4 Å². The highest BCUT2D eigenvalue weighted by Crippen LogP contribution is 2.27. The highest BCUT2D eigenvalue weighted by atomic mass is 35.5. The first-order valence-corrected chi connectivity index (χ1v) is 8.99. The first-order valence-electron chi connectivity index (χ1n) is 8.62. The van der Waals surface area contributed by atoms with E-state index < -0.39 is 11.9 Å². The smallest absolute Gasteiger partial charge is 0.338 e. The number of anilines is 2. The Hall–Kier alpha value is -2.86. The minimum Gasteiger partial charge on any atom is -0.462 e. The molecule has 2 aromatic carbocycles. The van der Waals surface area contributed by atoms with Crippen molar-refractivity contribution in [1.29, 1.82) is 0 Å². The van der Waals surface area contributed by atoms with E-state index in [0.717, 1.165) is 0 Å². The molecule has 1 atom stereocenters. The van der Waals surface area contributed by atoms with Gasteiger partial charge in [-0.25, -0.2) is 4.79 Å². The molecule has 27 heavy (non-hydrogen) atoms. The van der Waals surface area contributed by atoms with Gasteiger partial charge in [0.05, 0.1) is 18.1 Å². The van der Waals surface area contributed by atoms with Gasteiger partial charge in [0, 0.05) is 29.4 Å². The summed E-state index contributed by atoms with van der Waals surface area (Å²) in [6.07, 6.45) is 0.131. The third-order valence-electron chi connectivity index (χ3n) is 4.28. The van der Waals surface area contributed by atoms with E-state index in [0.29, 0.717) is 28.5 Å². The monoisotopic (exact) mass is 386 g/mol. The van der Waals surface area contributed by atoms with Crippen molar-refractivity contribution in [2.45, 2.75) is 13.3 Å². The average molecular weight is 387 g/mol. The summed E-state index contributed by atoms with van der Waals surface area (Å²) in [6.45, 7) is 2.30. The summed E-state index contributed by atoms with van der Waals surface area (Å²) in [5, 5.41) is 3.36. The van der Waals surface area contributed by atoms with Crippen LogP contribution >= 0.6 is 11.6 Å². The minimum absolute atomic E-state index is 0.113. The normalized spacial score (nSPS) is 16.3. The number of esters is 1. The maximum absolute atomic E-state index is 12.6. The fraction of sp³-hybridized carbons (Fsp3) is 0.250. The number of nitrogens with one attached hydrogen (secondary N) is 1. The van der Waals surface area contributed by atoms with Crippen LogP contribution in [0.3, 0.4) is 0 Å². The molecule has 0 aromatic heterocycles. The standard InChI is InChI=1S/C20H19ClN2O4/c1-2-27-20(26)13-4-3-5-16(10-13)22-19(25)14-11-18(24)23(12-14)17-8-6-15(21)7-9-17/h3-10,14H,2,11-12H2,1H3,(H,22,25). The molecule has 1 aliphatic rings. The zero-order valence-electron chi connectivity index (χ0n) is 14.8. The van der Waals surface area contributed by atoms with Crippen LogP contribution in [0.15, 0.2) is 48.5 Å². The van der Waals surface area contributed by atoms with Gasteiger partial charge in [-0.05, 0) is 49.4 Å². The Morgan fingerprint density at radius 1 is 1.22 bits per heavy atom. The molecule has 1 fully saturated rings. The lowest BCUT2D eigenvalue weighted by Gasteiger charge is -2.17. The lowest BCUT2D eigenvalue weighted by Crippen LogP contribution is -2.28. The lowest BCUT2D eigenvalue weighted by atomic mass is 10.1. The molecule has 6 nitrogen and oxygen atoms in total. The van der Waals surface area contributed by atoms with Crippen LogP contribution in [0.4, 0.5) is 11.4 Å². The van der Waals surface area contributed by atoms with Crippen LogP contribution in [0.5, 0.6) is 0 Å². The number of ether oxygens (including phenoxy) is 1. The van der Waals surface area contributed by atoms with Crippen LogP contribution in [0.2, 0.25) is 5.02 Å². The first kappa shape index (κ1) is 18.9. The zero-order valence-corrected chi connectivity index (χ0v) is 15.5. The molecule has 1 saturated heterocycles. The van der Waals surface area contributed by atoms with E-state index in [4.69, 9.17) is 16.3 Å². The average Bonchev–Trinajstić information content (AvgIpc) is 3.05. The fourth-order valence-corrected chi connectivity index (χ4v) is 3.06.